The quantitative estimate of drug-likeness (QED) is 0.768. The van der Waals surface area contributed by atoms with Gasteiger partial charge < -0.3 is 5.32 Å². The molecule has 0 saturated heterocycles. The first-order valence-corrected chi connectivity index (χ1v) is 7.76. The second kappa shape index (κ2) is 6.84. The fourth-order valence-corrected chi connectivity index (χ4v) is 2.56. The van der Waals surface area contributed by atoms with Gasteiger partial charge in [-0.05, 0) is 24.6 Å². The largest absolute Gasteiger partial charge is 0.304 e. The maximum atomic E-state index is 13.7. The number of aryl methyl sites for hydroxylation is 1. The molecule has 0 fully saturated rings. The van der Waals surface area contributed by atoms with Crippen LogP contribution in [0.25, 0.3) is 0 Å². The molecule has 0 radical (unpaired) electrons. The summed E-state index contributed by atoms with van der Waals surface area (Å²) in [5.74, 6) is -0.345. The lowest BCUT2D eigenvalue weighted by Gasteiger charge is -2.06. The van der Waals surface area contributed by atoms with Crippen LogP contribution in [-0.2, 0) is 6.54 Å². The van der Waals surface area contributed by atoms with E-state index >= 15 is 0 Å². The zero-order valence-electron chi connectivity index (χ0n) is 13.0. The molecule has 1 aromatic heterocycles. The Morgan fingerprint density at radius 2 is 1.92 bits per heavy atom. The van der Waals surface area contributed by atoms with Gasteiger partial charge in [0.15, 0.2) is 5.82 Å². The Morgan fingerprint density at radius 3 is 2.67 bits per heavy atom. The Balaban J connectivity index is 1.78. The van der Waals surface area contributed by atoms with E-state index in [-0.39, 0.29) is 24.1 Å². The summed E-state index contributed by atoms with van der Waals surface area (Å²) in [7, 11) is 0. The summed E-state index contributed by atoms with van der Waals surface area (Å²) in [5, 5.41) is 7.22. The highest BCUT2D eigenvalue weighted by Crippen LogP contribution is 2.21. The van der Waals surface area contributed by atoms with Gasteiger partial charge in [-0.25, -0.2) is 4.39 Å². The molecule has 0 saturated carbocycles. The number of hydrogen-bond donors (Lipinski definition) is 1. The molecule has 0 bridgehead atoms. The molecule has 3 rings (SSSR count). The number of hydrogen-bond acceptors (Lipinski definition) is 2. The Bertz CT molecular complexity index is 891. The summed E-state index contributed by atoms with van der Waals surface area (Å²) in [6.07, 6.45) is 1.56. The zero-order valence-corrected chi connectivity index (χ0v) is 13.7. The Kier molecular flexibility index (Phi) is 4.62. The van der Waals surface area contributed by atoms with Crippen molar-refractivity contribution in [3.05, 3.63) is 82.3 Å². The highest BCUT2D eigenvalue weighted by molar-refractivity contribution is 6.33. The minimum atomic E-state index is -0.311. The SMILES string of the molecule is Cc1ccccc1C(=O)Nc1nn(Cc2ccccc2F)cc1Cl. The number of benzene rings is 2. The molecular weight excluding hydrogens is 329 g/mol. The Hall–Kier alpha value is -2.66. The van der Waals surface area contributed by atoms with Gasteiger partial charge in [-0.15, -0.1) is 0 Å². The van der Waals surface area contributed by atoms with E-state index in [2.05, 4.69) is 10.4 Å². The third kappa shape index (κ3) is 3.46. The maximum absolute atomic E-state index is 13.7. The van der Waals surface area contributed by atoms with Crippen LogP contribution in [0.15, 0.2) is 54.7 Å². The fraction of sp³-hybridized carbons (Fsp3) is 0.111. The van der Waals surface area contributed by atoms with Gasteiger partial charge in [0, 0.05) is 17.3 Å². The number of rotatable bonds is 4. The van der Waals surface area contributed by atoms with E-state index in [1.807, 2.05) is 19.1 Å². The molecule has 4 nitrogen and oxygen atoms in total. The van der Waals surface area contributed by atoms with Crippen LogP contribution in [0.3, 0.4) is 0 Å². The van der Waals surface area contributed by atoms with Crippen LogP contribution >= 0.6 is 11.6 Å². The third-order valence-electron chi connectivity index (χ3n) is 3.63. The first-order chi connectivity index (χ1) is 11.5. The number of aromatic nitrogens is 2. The van der Waals surface area contributed by atoms with Crippen molar-refractivity contribution in [1.29, 1.82) is 0 Å². The normalized spacial score (nSPS) is 10.6. The van der Waals surface area contributed by atoms with Gasteiger partial charge in [0.2, 0.25) is 0 Å². The molecule has 3 aromatic rings. The van der Waals surface area contributed by atoms with Gasteiger partial charge in [-0.1, -0.05) is 48.0 Å². The van der Waals surface area contributed by atoms with Crippen LogP contribution in [0.5, 0.6) is 0 Å². The van der Waals surface area contributed by atoms with Crippen LogP contribution in [0.1, 0.15) is 21.5 Å². The summed E-state index contributed by atoms with van der Waals surface area (Å²) < 4.78 is 15.2. The molecule has 0 aliphatic heterocycles. The van der Waals surface area contributed by atoms with Gasteiger partial charge in [0.25, 0.3) is 5.91 Å². The molecule has 0 aliphatic carbocycles. The predicted octanol–water partition coefficient (Wildman–Crippen LogP) is 4.28. The highest BCUT2D eigenvalue weighted by Gasteiger charge is 2.14. The third-order valence-corrected chi connectivity index (χ3v) is 3.91. The van der Waals surface area contributed by atoms with Crippen molar-refractivity contribution in [2.24, 2.45) is 0 Å². The second-order valence-electron chi connectivity index (χ2n) is 5.38. The van der Waals surface area contributed by atoms with Gasteiger partial charge >= 0.3 is 0 Å². The lowest BCUT2D eigenvalue weighted by Crippen LogP contribution is -2.14. The average Bonchev–Trinajstić information content (AvgIpc) is 2.89. The number of anilines is 1. The Morgan fingerprint density at radius 1 is 1.21 bits per heavy atom. The van der Waals surface area contributed by atoms with E-state index in [0.29, 0.717) is 16.1 Å². The molecule has 2 aromatic carbocycles. The van der Waals surface area contributed by atoms with Crippen LogP contribution in [0.4, 0.5) is 10.2 Å². The lowest BCUT2D eigenvalue weighted by molar-refractivity contribution is 0.102. The number of nitrogens with one attached hydrogen (secondary N) is 1. The van der Waals surface area contributed by atoms with Crippen molar-refractivity contribution in [2.75, 3.05) is 5.32 Å². The van der Waals surface area contributed by atoms with Crippen LogP contribution in [0, 0.1) is 12.7 Å². The number of carbonyl (C=O) groups is 1. The average molecular weight is 344 g/mol. The standard InChI is InChI=1S/C18H15ClFN3O/c1-12-6-2-4-8-14(12)18(24)21-17-15(19)11-23(22-17)10-13-7-3-5-9-16(13)20/h2-9,11H,10H2,1H3,(H,21,22,24). The number of carbonyl (C=O) groups excluding carboxylic acids is 1. The summed E-state index contributed by atoms with van der Waals surface area (Å²) in [5.41, 5.74) is 1.91. The molecule has 0 aliphatic rings. The first kappa shape index (κ1) is 16.2. The molecule has 6 heteroatoms. The van der Waals surface area contributed by atoms with Crippen molar-refractivity contribution in [1.82, 2.24) is 9.78 Å². The molecular formula is C18H15ClFN3O. The predicted molar refractivity (Wildman–Crippen MR) is 91.9 cm³/mol. The van der Waals surface area contributed by atoms with E-state index in [1.54, 1.807) is 36.5 Å². The molecule has 122 valence electrons. The van der Waals surface area contributed by atoms with E-state index in [4.69, 9.17) is 11.6 Å². The zero-order chi connectivity index (χ0) is 17.1. The number of nitrogens with zero attached hydrogens (tertiary/aromatic N) is 2. The van der Waals surface area contributed by atoms with E-state index in [9.17, 15) is 9.18 Å². The highest BCUT2D eigenvalue weighted by atomic mass is 35.5. The smallest absolute Gasteiger partial charge is 0.257 e. The van der Waals surface area contributed by atoms with Crippen molar-refractivity contribution >= 4 is 23.3 Å². The summed E-state index contributed by atoms with van der Waals surface area (Å²) in [6.45, 7) is 2.08. The van der Waals surface area contributed by atoms with Gasteiger partial charge in [0.1, 0.15) is 10.8 Å². The molecule has 1 amide bonds. The molecule has 0 atom stereocenters. The fourth-order valence-electron chi connectivity index (χ4n) is 2.37. The van der Waals surface area contributed by atoms with Crippen molar-refractivity contribution in [3.63, 3.8) is 0 Å². The van der Waals surface area contributed by atoms with Gasteiger partial charge in [-0.2, -0.15) is 5.10 Å². The van der Waals surface area contributed by atoms with Crippen molar-refractivity contribution < 1.29 is 9.18 Å². The molecule has 1 heterocycles. The summed E-state index contributed by atoms with van der Waals surface area (Å²) >= 11 is 6.13. The van der Waals surface area contributed by atoms with Crippen molar-refractivity contribution in [3.8, 4) is 0 Å². The van der Waals surface area contributed by atoms with Crippen LogP contribution < -0.4 is 5.32 Å². The van der Waals surface area contributed by atoms with Crippen LogP contribution in [-0.4, -0.2) is 15.7 Å². The molecule has 0 unspecified atom stereocenters. The minimum absolute atomic E-state index is 0.229. The number of amides is 1. The minimum Gasteiger partial charge on any atom is -0.304 e. The topological polar surface area (TPSA) is 46.9 Å². The second-order valence-corrected chi connectivity index (χ2v) is 5.79. The first-order valence-electron chi connectivity index (χ1n) is 7.38. The molecule has 0 spiro atoms. The Labute approximate surface area is 143 Å². The molecule has 1 N–H and O–H groups in total. The number of halogens is 2. The van der Waals surface area contributed by atoms with Gasteiger partial charge in [0.05, 0.1) is 6.54 Å². The van der Waals surface area contributed by atoms with E-state index in [0.717, 1.165) is 5.56 Å². The summed E-state index contributed by atoms with van der Waals surface area (Å²) in [4.78, 5) is 12.3. The van der Waals surface area contributed by atoms with Crippen molar-refractivity contribution in [2.45, 2.75) is 13.5 Å². The van der Waals surface area contributed by atoms with Gasteiger partial charge in [-0.3, -0.25) is 9.48 Å². The van der Waals surface area contributed by atoms with Crippen LogP contribution in [0.2, 0.25) is 5.02 Å². The van der Waals surface area contributed by atoms with E-state index in [1.165, 1.54) is 10.7 Å². The summed E-state index contributed by atoms with van der Waals surface area (Å²) in [6, 6.07) is 13.7. The van der Waals surface area contributed by atoms with E-state index < -0.39 is 0 Å². The monoisotopic (exact) mass is 343 g/mol. The maximum Gasteiger partial charge on any atom is 0.257 e. The molecule has 24 heavy (non-hydrogen) atoms. The lowest BCUT2D eigenvalue weighted by atomic mass is 10.1.